The first kappa shape index (κ1) is 14.4. The van der Waals surface area contributed by atoms with Crippen LogP contribution in [-0.2, 0) is 16.6 Å². The predicted octanol–water partition coefficient (Wildman–Crippen LogP) is 1.93. The van der Waals surface area contributed by atoms with Crippen molar-refractivity contribution in [1.29, 1.82) is 0 Å². The fraction of sp³-hybridized carbons (Fsp3) is 0.538. The first-order chi connectivity index (χ1) is 8.92. The van der Waals surface area contributed by atoms with E-state index in [0.717, 1.165) is 31.4 Å². The molecule has 6 heteroatoms. The summed E-state index contributed by atoms with van der Waals surface area (Å²) in [5, 5.41) is 9.18. The van der Waals surface area contributed by atoms with E-state index >= 15 is 0 Å². The van der Waals surface area contributed by atoms with Crippen molar-refractivity contribution in [3.05, 3.63) is 29.6 Å². The number of halogens is 1. The van der Waals surface area contributed by atoms with Gasteiger partial charge >= 0.3 is 0 Å². The lowest BCUT2D eigenvalue weighted by molar-refractivity contribution is 0.213. The van der Waals surface area contributed by atoms with Crippen LogP contribution in [0.2, 0.25) is 0 Å². The number of sulfonamides is 1. The average Bonchev–Trinajstić information content (AvgIpc) is 2.34. The number of benzene rings is 1. The number of hydrogen-bond acceptors (Lipinski definition) is 3. The summed E-state index contributed by atoms with van der Waals surface area (Å²) in [5.41, 5.74) is -0.197. The van der Waals surface area contributed by atoms with Gasteiger partial charge in [0.25, 0.3) is 0 Å². The van der Waals surface area contributed by atoms with Gasteiger partial charge in [0.15, 0.2) is 0 Å². The molecule has 1 aromatic rings. The fourth-order valence-electron chi connectivity index (χ4n) is 2.38. The van der Waals surface area contributed by atoms with Gasteiger partial charge in [0, 0.05) is 5.54 Å². The molecule has 0 radical (unpaired) electrons. The number of aliphatic hydroxyl groups is 1. The van der Waals surface area contributed by atoms with Crippen LogP contribution in [0, 0.1) is 5.82 Å². The van der Waals surface area contributed by atoms with Crippen LogP contribution in [0.5, 0.6) is 0 Å². The Labute approximate surface area is 112 Å². The molecule has 0 aromatic heterocycles. The van der Waals surface area contributed by atoms with E-state index in [4.69, 9.17) is 0 Å². The minimum Gasteiger partial charge on any atom is -0.392 e. The van der Waals surface area contributed by atoms with Crippen LogP contribution < -0.4 is 4.72 Å². The second kappa shape index (κ2) is 5.19. The fourth-order valence-corrected chi connectivity index (χ4v) is 4.15. The van der Waals surface area contributed by atoms with Gasteiger partial charge < -0.3 is 5.11 Å². The quantitative estimate of drug-likeness (QED) is 0.869. The number of aliphatic hydroxyl groups excluding tert-OH is 1. The SMILES string of the molecule is CCC1(NS(=O)(=O)c2cc(F)ccc2CO)CCC1. The zero-order chi connectivity index (χ0) is 14.1. The molecule has 1 fully saturated rings. The molecule has 1 saturated carbocycles. The molecule has 0 saturated heterocycles. The van der Waals surface area contributed by atoms with Crippen LogP contribution in [0.4, 0.5) is 4.39 Å². The minimum atomic E-state index is -3.81. The highest BCUT2D eigenvalue weighted by Crippen LogP contribution is 2.36. The first-order valence-electron chi connectivity index (χ1n) is 6.36. The molecule has 0 aliphatic heterocycles. The maximum atomic E-state index is 13.3. The topological polar surface area (TPSA) is 66.4 Å². The minimum absolute atomic E-state index is 0.172. The third-order valence-electron chi connectivity index (χ3n) is 3.83. The molecule has 1 aliphatic rings. The molecule has 0 heterocycles. The molecule has 0 amide bonds. The Hall–Kier alpha value is -0.980. The van der Waals surface area contributed by atoms with Crippen molar-refractivity contribution in [3.8, 4) is 0 Å². The van der Waals surface area contributed by atoms with Crippen molar-refractivity contribution < 1.29 is 17.9 Å². The first-order valence-corrected chi connectivity index (χ1v) is 7.84. The molecule has 2 rings (SSSR count). The highest BCUT2D eigenvalue weighted by molar-refractivity contribution is 7.89. The van der Waals surface area contributed by atoms with E-state index < -0.39 is 28.0 Å². The van der Waals surface area contributed by atoms with Gasteiger partial charge in [-0.25, -0.2) is 17.5 Å². The van der Waals surface area contributed by atoms with Gasteiger partial charge in [-0.1, -0.05) is 13.0 Å². The zero-order valence-electron chi connectivity index (χ0n) is 10.8. The molecule has 19 heavy (non-hydrogen) atoms. The largest absolute Gasteiger partial charge is 0.392 e. The second-order valence-electron chi connectivity index (χ2n) is 5.00. The third-order valence-corrected chi connectivity index (χ3v) is 5.49. The number of nitrogens with one attached hydrogen (secondary N) is 1. The molecule has 4 nitrogen and oxygen atoms in total. The Kier molecular flexibility index (Phi) is 3.94. The predicted molar refractivity (Wildman–Crippen MR) is 69.5 cm³/mol. The molecule has 0 unspecified atom stereocenters. The Morgan fingerprint density at radius 1 is 1.42 bits per heavy atom. The molecular formula is C13H18FNO3S. The molecule has 0 atom stereocenters. The van der Waals surface area contributed by atoms with Crippen molar-refractivity contribution in [2.45, 2.75) is 49.6 Å². The lowest BCUT2D eigenvalue weighted by atomic mass is 9.76. The van der Waals surface area contributed by atoms with Crippen LogP contribution in [0.25, 0.3) is 0 Å². The maximum Gasteiger partial charge on any atom is 0.241 e. The van der Waals surface area contributed by atoms with Crippen LogP contribution in [0.3, 0.4) is 0 Å². The van der Waals surface area contributed by atoms with E-state index in [9.17, 15) is 17.9 Å². The van der Waals surface area contributed by atoms with Crippen molar-refractivity contribution in [1.82, 2.24) is 4.72 Å². The van der Waals surface area contributed by atoms with Crippen LogP contribution in [0.15, 0.2) is 23.1 Å². The smallest absolute Gasteiger partial charge is 0.241 e. The lowest BCUT2D eigenvalue weighted by Crippen LogP contribution is -2.52. The van der Waals surface area contributed by atoms with E-state index in [0.29, 0.717) is 6.42 Å². The summed E-state index contributed by atoms with van der Waals surface area (Å²) in [6.45, 7) is 1.50. The summed E-state index contributed by atoms with van der Waals surface area (Å²) >= 11 is 0. The van der Waals surface area contributed by atoms with Gasteiger partial charge in [-0.2, -0.15) is 0 Å². The van der Waals surface area contributed by atoms with Gasteiger partial charge in [0.1, 0.15) is 5.82 Å². The van der Waals surface area contributed by atoms with Gasteiger partial charge in [-0.05, 0) is 43.4 Å². The summed E-state index contributed by atoms with van der Waals surface area (Å²) in [7, 11) is -3.81. The van der Waals surface area contributed by atoms with Gasteiger partial charge in [0.05, 0.1) is 11.5 Å². The summed E-state index contributed by atoms with van der Waals surface area (Å²) in [6, 6.07) is 3.39. The van der Waals surface area contributed by atoms with E-state index in [2.05, 4.69) is 4.72 Å². The zero-order valence-corrected chi connectivity index (χ0v) is 11.6. The summed E-state index contributed by atoms with van der Waals surface area (Å²) in [5.74, 6) is -0.628. The lowest BCUT2D eigenvalue weighted by Gasteiger charge is -2.41. The molecule has 0 spiro atoms. The van der Waals surface area contributed by atoms with Crippen molar-refractivity contribution in [2.75, 3.05) is 0 Å². The van der Waals surface area contributed by atoms with Crippen molar-refractivity contribution >= 4 is 10.0 Å². The maximum absolute atomic E-state index is 13.3. The van der Waals surface area contributed by atoms with Gasteiger partial charge in [0.2, 0.25) is 10.0 Å². The molecule has 2 N–H and O–H groups in total. The molecule has 1 aromatic carbocycles. The molecular weight excluding hydrogens is 269 g/mol. The van der Waals surface area contributed by atoms with Crippen molar-refractivity contribution in [3.63, 3.8) is 0 Å². The monoisotopic (exact) mass is 287 g/mol. The second-order valence-corrected chi connectivity index (χ2v) is 6.65. The normalized spacial score (nSPS) is 18.1. The van der Waals surface area contributed by atoms with Crippen molar-refractivity contribution in [2.24, 2.45) is 0 Å². The standard InChI is InChI=1S/C13H18FNO3S/c1-2-13(6-3-7-13)15-19(17,18)12-8-11(14)5-4-10(12)9-16/h4-5,8,15-16H,2-3,6-7,9H2,1H3. The molecule has 0 bridgehead atoms. The van der Waals surface area contributed by atoms with E-state index in [1.54, 1.807) is 0 Å². The van der Waals surface area contributed by atoms with Crippen LogP contribution >= 0.6 is 0 Å². The number of hydrogen-bond donors (Lipinski definition) is 2. The summed E-state index contributed by atoms with van der Waals surface area (Å²) in [6.07, 6.45) is 3.29. The van der Waals surface area contributed by atoms with E-state index in [1.165, 1.54) is 6.07 Å². The highest BCUT2D eigenvalue weighted by atomic mass is 32.2. The Bertz CT molecular complexity index is 562. The Balaban J connectivity index is 2.36. The van der Waals surface area contributed by atoms with Crippen LogP contribution in [-0.4, -0.2) is 19.1 Å². The Morgan fingerprint density at radius 3 is 2.58 bits per heavy atom. The average molecular weight is 287 g/mol. The van der Waals surface area contributed by atoms with Gasteiger partial charge in [-0.3, -0.25) is 0 Å². The summed E-state index contributed by atoms with van der Waals surface area (Å²) in [4.78, 5) is -0.172. The summed E-state index contributed by atoms with van der Waals surface area (Å²) < 4.78 is 40.6. The highest BCUT2D eigenvalue weighted by Gasteiger charge is 2.39. The third kappa shape index (κ3) is 2.80. The van der Waals surface area contributed by atoms with E-state index in [-0.39, 0.29) is 10.5 Å². The molecule has 106 valence electrons. The number of rotatable bonds is 5. The Morgan fingerprint density at radius 2 is 2.11 bits per heavy atom. The van der Waals surface area contributed by atoms with Crippen LogP contribution in [0.1, 0.15) is 38.2 Å². The van der Waals surface area contributed by atoms with Gasteiger partial charge in [-0.15, -0.1) is 0 Å². The molecule has 1 aliphatic carbocycles. The van der Waals surface area contributed by atoms with E-state index in [1.807, 2.05) is 6.92 Å².